The molecule has 1 rings (SSSR count). The number of thioether (sulfide) groups is 1. The molecule has 0 radical (unpaired) electrons. The first-order valence-corrected chi connectivity index (χ1v) is 7.81. The number of rotatable bonds is 8. The highest BCUT2D eigenvalue weighted by molar-refractivity contribution is 7.98. The molecule has 1 aromatic rings. The standard InChI is InChI=1S/C14H21N3O2S/c1-20-12-8-6-11(7-9-12)17-13(18)5-3-2-4-10-16-14(15)19/h6-9H,2-5,10H2,1H3,(H,17,18)(H3,15,16,19). The van der Waals surface area contributed by atoms with Crippen molar-refractivity contribution in [1.29, 1.82) is 0 Å². The Hall–Kier alpha value is -1.69. The molecule has 0 heterocycles. The normalized spacial score (nSPS) is 10.1. The van der Waals surface area contributed by atoms with E-state index >= 15 is 0 Å². The van der Waals surface area contributed by atoms with E-state index in [-0.39, 0.29) is 5.91 Å². The first kappa shape index (κ1) is 16.4. The largest absolute Gasteiger partial charge is 0.352 e. The number of hydrogen-bond donors (Lipinski definition) is 3. The fourth-order valence-electron chi connectivity index (χ4n) is 1.70. The van der Waals surface area contributed by atoms with E-state index in [0.717, 1.165) is 24.9 Å². The van der Waals surface area contributed by atoms with E-state index in [1.54, 1.807) is 11.8 Å². The zero-order chi connectivity index (χ0) is 14.8. The minimum Gasteiger partial charge on any atom is -0.352 e. The van der Waals surface area contributed by atoms with Crippen molar-refractivity contribution in [2.45, 2.75) is 30.6 Å². The molecule has 20 heavy (non-hydrogen) atoms. The van der Waals surface area contributed by atoms with E-state index in [1.165, 1.54) is 4.90 Å². The Labute approximate surface area is 123 Å². The van der Waals surface area contributed by atoms with Crippen LogP contribution in [0.25, 0.3) is 0 Å². The minimum atomic E-state index is -0.503. The number of hydrogen-bond acceptors (Lipinski definition) is 3. The maximum absolute atomic E-state index is 11.7. The second-order valence-corrected chi connectivity index (χ2v) is 5.26. The van der Waals surface area contributed by atoms with E-state index in [4.69, 9.17) is 5.73 Å². The topological polar surface area (TPSA) is 84.2 Å². The quantitative estimate of drug-likeness (QED) is 0.509. The van der Waals surface area contributed by atoms with Crippen LogP contribution in [0.1, 0.15) is 25.7 Å². The lowest BCUT2D eigenvalue weighted by Gasteiger charge is -2.06. The molecule has 0 fully saturated rings. The molecule has 5 nitrogen and oxygen atoms in total. The molecule has 0 bridgehead atoms. The minimum absolute atomic E-state index is 0.0183. The van der Waals surface area contributed by atoms with Crippen LogP contribution in [-0.4, -0.2) is 24.7 Å². The molecular weight excluding hydrogens is 274 g/mol. The second-order valence-electron chi connectivity index (χ2n) is 4.38. The molecule has 6 heteroatoms. The summed E-state index contributed by atoms with van der Waals surface area (Å²) in [7, 11) is 0. The van der Waals surface area contributed by atoms with Gasteiger partial charge in [0.25, 0.3) is 0 Å². The van der Waals surface area contributed by atoms with Crippen molar-refractivity contribution in [1.82, 2.24) is 5.32 Å². The fraction of sp³-hybridized carbons (Fsp3) is 0.429. The Morgan fingerprint density at radius 3 is 2.45 bits per heavy atom. The zero-order valence-corrected chi connectivity index (χ0v) is 12.5. The van der Waals surface area contributed by atoms with Gasteiger partial charge in [-0.15, -0.1) is 11.8 Å². The fourth-order valence-corrected chi connectivity index (χ4v) is 2.11. The van der Waals surface area contributed by atoms with E-state index in [2.05, 4.69) is 10.6 Å². The average molecular weight is 295 g/mol. The predicted octanol–water partition coefficient (Wildman–Crippen LogP) is 2.58. The molecule has 4 N–H and O–H groups in total. The van der Waals surface area contributed by atoms with Crippen LogP contribution in [0.4, 0.5) is 10.5 Å². The van der Waals surface area contributed by atoms with Gasteiger partial charge in [0.05, 0.1) is 0 Å². The molecule has 1 aromatic carbocycles. The summed E-state index contributed by atoms with van der Waals surface area (Å²) in [6.45, 7) is 0.563. The van der Waals surface area contributed by atoms with Gasteiger partial charge in [-0.25, -0.2) is 4.79 Å². The molecule has 0 aromatic heterocycles. The van der Waals surface area contributed by atoms with Crippen LogP contribution in [0.3, 0.4) is 0 Å². The maximum atomic E-state index is 11.7. The van der Waals surface area contributed by atoms with Crippen molar-refractivity contribution in [2.75, 3.05) is 18.1 Å². The number of benzene rings is 1. The van der Waals surface area contributed by atoms with Gasteiger partial charge in [0.1, 0.15) is 0 Å². The summed E-state index contributed by atoms with van der Waals surface area (Å²) < 4.78 is 0. The SMILES string of the molecule is CSc1ccc(NC(=O)CCCCCNC(N)=O)cc1. The average Bonchev–Trinajstić information content (AvgIpc) is 2.43. The number of anilines is 1. The van der Waals surface area contributed by atoms with Gasteiger partial charge < -0.3 is 16.4 Å². The molecule has 0 spiro atoms. The van der Waals surface area contributed by atoms with E-state index in [1.807, 2.05) is 30.5 Å². The van der Waals surface area contributed by atoms with Gasteiger partial charge in [0.2, 0.25) is 5.91 Å². The molecule has 0 aliphatic heterocycles. The summed E-state index contributed by atoms with van der Waals surface area (Å²) in [6, 6.07) is 7.27. The van der Waals surface area contributed by atoms with Crippen LogP contribution in [-0.2, 0) is 4.79 Å². The van der Waals surface area contributed by atoms with Crippen LogP contribution in [0, 0.1) is 0 Å². The first-order chi connectivity index (χ1) is 9.61. The highest BCUT2D eigenvalue weighted by atomic mass is 32.2. The number of carbonyl (C=O) groups excluding carboxylic acids is 2. The molecule has 0 saturated carbocycles. The lowest BCUT2D eigenvalue weighted by atomic mass is 10.2. The smallest absolute Gasteiger partial charge is 0.312 e. The first-order valence-electron chi connectivity index (χ1n) is 6.59. The number of unbranched alkanes of at least 4 members (excludes halogenated alkanes) is 2. The number of carbonyl (C=O) groups is 2. The van der Waals surface area contributed by atoms with Gasteiger partial charge in [-0.05, 0) is 43.4 Å². The molecule has 0 unspecified atom stereocenters. The summed E-state index contributed by atoms with van der Waals surface area (Å²) in [6.07, 6.45) is 5.02. The van der Waals surface area contributed by atoms with Crippen molar-refractivity contribution in [3.63, 3.8) is 0 Å². The van der Waals surface area contributed by atoms with E-state index in [9.17, 15) is 9.59 Å². The third kappa shape index (κ3) is 7.04. The third-order valence-electron chi connectivity index (χ3n) is 2.75. The molecule has 0 saturated heterocycles. The molecule has 110 valence electrons. The van der Waals surface area contributed by atoms with Crippen LogP contribution in [0.5, 0.6) is 0 Å². The molecule has 0 aliphatic rings. The van der Waals surface area contributed by atoms with Crippen molar-refractivity contribution < 1.29 is 9.59 Å². The van der Waals surface area contributed by atoms with Crippen molar-refractivity contribution in [2.24, 2.45) is 5.73 Å². The van der Waals surface area contributed by atoms with Crippen LogP contribution >= 0.6 is 11.8 Å². The number of urea groups is 1. The second kappa shape index (κ2) is 9.25. The summed E-state index contributed by atoms with van der Waals surface area (Å²) in [5, 5.41) is 5.39. The van der Waals surface area contributed by atoms with Gasteiger partial charge in [0, 0.05) is 23.5 Å². The van der Waals surface area contributed by atoms with Crippen LogP contribution in [0.2, 0.25) is 0 Å². The van der Waals surface area contributed by atoms with Gasteiger partial charge in [-0.2, -0.15) is 0 Å². The van der Waals surface area contributed by atoms with Crippen LogP contribution in [0.15, 0.2) is 29.2 Å². The predicted molar refractivity (Wildman–Crippen MR) is 82.9 cm³/mol. The van der Waals surface area contributed by atoms with Gasteiger partial charge in [0.15, 0.2) is 0 Å². The highest BCUT2D eigenvalue weighted by Crippen LogP contribution is 2.17. The Morgan fingerprint density at radius 2 is 1.85 bits per heavy atom. The Morgan fingerprint density at radius 1 is 1.15 bits per heavy atom. The monoisotopic (exact) mass is 295 g/mol. The van der Waals surface area contributed by atoms with Gasteiger partial charge in [-0.3, -0.25) is 4.79 Å². The van der Waals surface area contributed by atoms with Crippen molar-refractivity contribution in [3.05, 3.63) is 24.3 Å². The number of amides is 3. The third-order valence-corrected chi connectivity index (χ3v) is 3.50. The molecular formula is C14H21N3O2S. The van der Waals surface area contributed by atoms with Crippen molar-refractivity contribution in [3.8, 4) is 0 Å². The number of primary amides is 1. The highest BCUT2D eigenvalue weighted by Gasteiger charge is 2.02. The molecule has 0 aliphatic carbocycles. The molecule has 0 atom stereocenters. The summed E-state index contributed by atoms with van der Waals surface area (Å²) >= 11 is 1.67. The Bertz CT molecular complexity index is 435. The lowest BCUT2D eigenvalue weighted by molar-refractivity contribution is -0.116. The van der Waals surface area contributed by atoms with E-state index < -0.39 is 6.03 Å². The van der Waals surface area contributed by atoms with Gasteiger partial charge >= 0.3 is 6.03 Å². The number of nitrogens with two attached hydrogens (primary N) is 1. The maximum Gasteiger partial charge on any atom is 0.312 e. The zero-order valence-electron chi connectivity index (χ0n) is 11.6. The van der Waals surface area contributed by atoms with E-state index in [0.29, 0.717) is 13.0 Å². The Kier molecular flexibility index (Phi) is 7.57. The Balaban J connectivity index is 2.15. The summed E-state index contributed by atoms with van der Waals surface area (Å²) in [4.78, 5) is 23.3. The van der Waals surface area contributed by atoms with Gasteiger partial charge in [-0.1, -0.05) is 6.42 Å². The summed E-state index contributed by atoms with van der Waals surface area (Å²) in [5.74, 6) is 0.0183. The van der Waals surface area contributed by atoms with Crippen molar-refractivity contribution >= 4 is 29.4 Å². The molecule has 3 amide bonds. The van der Waals surface area contributed by atoms with Crippen LogP contribution < -0.4 is 16.4 Å². The number of nitrogens with one attached hydrogen (secondary N) is 2. The lowest BCUT2D eigenvalue weighted by Crippen LogP contribution is -2.29. The summed E-state index contributed by atoms with van der Waals surface area (Å²) in [5.41, 5.74) is 5.77.